The maximum atomic E-state index is 12.9. The molecule has 1 fully saturated rings. The van der Waals surface area contributed by atoms with Crippen LogP contribution in [0.25, 0.3) is 5.76 Å². The number of halogens is 1. The van der Waals surface area contributed by atoms with Gasteiger partial charge in [-0.05, 0) is 43.2 Å². The predicted molar refractivity (Wildman–Crippen MR) is 115 cm³/mol. The lowest BCUT2D eigenvalue weighted by Gasteiger charge is -2.25. The van der Waals surface area contributed by atoms with Gasteiger partial charge in [-0.1, -0.05) is 36.7 Å². The van der Waals surface area contributed by atoms with Crippen LogP contribution in [0, 0.1) is 0 Å². The summed E-state index contributed by atoms with van der Waals surface area (Å²) < 4.78 is 11.0. The van der Waals surface area contributed by atoms with E-state index in [-0.39, 0.29) is 11.3 Å². The van der Waals surface area contributed by atoms with Gasteiger partial charge in [0.25, 0.3) is 11.7 Å². The van der Waals surface area contributed by atoms with Gasteiger partial charge in [-0.25, -0.2) is 0 Å². The molecule has 0 aliphatic carbocycles. The zero-order chi connectivity index (χ0) is 21.8. The normalized spacial score (nSPS) is 18.0. The van der Waals surface area contributed by atoms with Crippen LogP contribution in [0.4, 0.5) is 0 Å². The average molecular weight is 430 g/mol. The molecule has 1 atom stereocenters. The standard InChI is InChI=1S/C23H24ClNO5/c1-4-11-25-20(14-9-10-17(29-3)18(13-14)30-5-2)19(22(27)23(25)28)21(26)15-7-6-8-16(24)12-15/h6-10,12-13,20,26H,4-5,11H2,1-3H3/b21-19-. The molecule has 0 aromatic heterocycles. The molecule has 30 heavy (non-hydrogen) atoms. The lowest BCUT2D eigenvalue weighted by Crippen LogP contribution is -2.30. The topological polar surface area (TPSA) is 76.1 Å². The van der Waals surface area contributed by atoms with E-state index in [9.17, 15) is 14.7 Å². The summed E-state index contributed by atoms with van der Waals surface area (Å²) in [5.74, 6) is -0.572. The lowest BCUT2D eigenvalue weighted by molar-refractivity contribution is -0.139. The van der Waals surface area contributed by atoms with Gasteiger partial charge in [-0.15, -0.1) is 0 Å². The zero-order valence-corrected chi connectivity index (χ0v) is 17.9. The first-order chi connectivity index (χ1) is 14.4. The van der Waals surface area contributed by atoms with Crippen molar-refractivity contribution in [3.05, 3.63) is 64.2 Å². The molecule has 1 saturated heterocycles. The molecular weight excluding hydrogens is 406 g/mol. The number of aliphatic hydroxyl groups excluding tert-OH is 1. The van der Waals surface area contributed by atoms with Gasteiger partial charge >= 0.3 is 0 Å². The van der Waals surface area contributed by atoms with E-state index in [1.807, 2.05) is 13.8 Å². The minimum atomic E-state index is -0.742. The van der Waals surface area contributed by atoms with E-state index in [4.69, 9.17) is 21.1 Å². The second kappa shape index (κ2) is 9.22. The van der Waals surface area contributed by atoms with Crippen molar-refractivity contribution in [3.63, 3.8) is 0 Å². The number of carbonyl (C=O) groups is 2. The Bertz CT molecular complexity index is 1000. The Labute approximate surface area is 180 Å². The fourth-order valence-electron chi connectivity index (χ4n) is 3.62. The molecule has 0 spiro atoms. The molecule has 3 rings (SSSR count). The number of hydrogen-bond donors (Lipinski definition) is 1. The van der Waals surface area contributed by atoms with Crippen molar-refractivity contribution in [1.29, 1.82) is 0 Å². The van der Waals surface area contributed by atoms with Gasteiger partial charge in [0, 0.05) is 17.1 Å². The summed E-state index contributed by atoms with van der Waals surface area (Å²) in [7, 11) is 1.54. The van der Waals surface area contributed by atoms with E-state index in [1.54, 1.807) is 49.6 Å². The molecule has 1 heterocycles. The summed E-state index contributed by atoms with van der Waals surface area (Å²) >= 11 is 6.05. The average Bonchev–Trinajstić information content (AvgIpc) is 2.98. The number of nitrogens with zero attached hydrogens (tertiary/aromatic N) is 1. The van der Waals surface area contributed by atoms with Crippen molar-refractivity contribution < 1.29 is 24.2 Å². The Morgan fingerprint density at radius 3 is 2.53 bits per heavy atom. The molecule has 6 nitrogen and oxygen atoms in total. The van der Waals surface area contributed by atoms with Crippen molar-refractivity contribution in [3.8, 4) is 11.5 Å². The molecule has 0 radical (unpaired) electrons. The highest BCUT2D eigenvalue weighted by molar-refractivity contribution is 6.46. The predicted octanol–water partition coefficient (Wildman–Crippen LogP) is 4.58. The Morgan fingerprint density at radius 1 is 1.13 bits per heavy atom. The van der Waals surface area contributed by atoms with Gasteiger partial charge in [-0.2, -0.15) is 0 Å². The van der Waals surface area contributed by atoms with Crippen molar-refractivity contribution in [1.82, 2.24) is 4.90 Å². The second-order valence-corrected chi connectivity index (χ2v) is 7.28. The molecule has 158 valence electrons. The third-order valence-corrected chi connectivity index (χ3v) is 5.14. The summed E-state index contributed by atoms with van der Waals surface area (Å²) in [5, 5.41) is 11.4. The summed E-state index contributed by atoms with van der Waals surface area (Å²) in [6.07, 6.45) is 0.662. The van der Waals surface area contributed by atoms with Gasteiger partial charge in [0.1, 0.15) is 5.76 Å². The second-order valence-electron chi connectivity index (χ2n) is 6.85. The summed E-state index contributed by atoms with van der Waals surface area (Å²) in [5.41, 5.74) is 1.05. The van der Waals surface area contributed by atoms with Gasteiger partial charge in [-0.3, -0.25) is 9.59 Å². The molecule has 2 aromatic carbocycles. The van der Waals surface area contributed by atoms with Crippen LogP contribution in [0.2, 0.25) is 5.02 Å². The van der Waals surface area contributed by atoms with E-state index >= 15 is 0 Å². The summed E-state index contributed by atoms with van der Waals surface area (Å²) in [6.45, 7) is 4.58. The number of aliphatic hydroxyl groups is 1. The molecule has 1 amide bonds. The Balaban J connectivity index is 2.20. The van der Waals surface area contributed by atoms with Crippen molar-refractivity contribution in [2.24, 2.45) is 0 Å². The molecule has 1 unspecified atom stereocenters. The number of ketones is 1. The molecule has 2 aromatic rings. The fraction of sp³-hybridized carbons (Fsp3) is 0.304. The van der Waals surface area contributed by atoms with E-state index in [2.05, 4.69) is 0 Å². The van der Waals surface area contributed by atoms with Crippen molar-refractivity contribution in [2.45, 2.75) is 26.3 Å². The number of ether oxygens (including phenoxy) is 2. The summed E-state index contributed by atoms with van der Waals surface area (Å²) in [6, 6.07) is 11.0. The van der Waals surface area contributed by atoms with Crippen LogP contribution in [-0.2, 0) is 9.59 Å². The van der Waals surface area contributed by atoms with Crippen LogP contribution in [-0.4, -0.2) is 42.0 Å². The number of Topliss-reactive ketones (excluding diaryl/α,β-unsaturated/α-hetero) is 1. The third kappa shape index (κ3) is 4.00. The number of likely N-dealkylation sites (tertiary alicyclic amines) is 1. The van der Waals surface area contributed by atoms with E-state index in [0.29, 0.717) is 47.2 Å². The minimum Gasteiger partial charge on any atom is -0.507 e. The number of amides is 1. The van der Waals surface area contributed by atoms with Gasteiger partial charge in [0.05, 0.1) is 25.3 Å². The SMILES string of the molecule is CCCN1C(=O)C(=O)/C(=C(\O)c2cccc(Cl)c2)C1c1ccc(OC)c(OCC)c1. The highest BCUT2D eigenvalue weighted by Crippen LogP contribution is 2.42. The molecular formula is C23H24ClNO5. The number of benzene rings is 2. The Hall–Kier alpha value is -2.99. The van der Waals surface area contributed by atoms with Gasteiger partial charge in [0.15, 0.2) is 11.5 Å². The van der Waals surface area contributed by atoms with Crippen LogP contribution in [0.5, 0.6) is 11.5 Å². The van der Waals surface area contributed by atoms with E-state index in [0.717, 1.165) is 0 Å². The molecule has 1 N–H and O–H groups in total. The molecule has 7 heteroatoms. The van der Waals surface area contributed by atoms with E-state index < -0.39 is 17.7 Å². The van der Waals surface area contributed by atoms with Crippen molar-refractivity contribution >= 4 is 29.1 Å². The number of hydrogen-bond acceptors (Lipinski definition) is 5. The maximum absolute atomic E-state index is 12.9. The van der Waals surface area contributed by atoms with Crippen LogP contribution in [0.3, 0.4) is 0 Å². The maximum Gasteiger partial charge on any atom is 0.295 e. The molecule has 1 aliphatic rings. The first-order valence-electron chi connectivity index (χ1n) is 9.78. The monoisotopic (exact) mass is 429 g/mol. The quantitative estimate of drug-likeness (QED) is 0.396. The molecule has 0 bridgehead atoms. The van der Waals surface area contributed by atoms with Gasteiger partial charge in [0.2, 0.25) is 0 Å². The number of rotatable bonds is 7. The van der Waals surface area contributed by atoms with Crippen LogP contribution in [0.15, 0.2) is 48.0 Å². The molecule has 0 saturated carbocycles. The smallest absolute Gasteiger partial charge is 0.295 e. The highest BCUT2D eigenvalue weighted by atomic mass is 35.5. The minimum absolute atomic E-state index is 0.0309. The van der Waals surface area contributed by atoms with Crippen LogP contribution in [0.1, 0.15) is 37.4 Å². The third-order valence-electron chi connectivity index (χ3n) is 4.91. The highest BCUT2D eigenvalue weighted by Gasteiger charge is 2.45. The fourth-order valence-corrected chi connectivity index (χ4v) is 3.81. The molecule has 1 aliphatic heterocycles. The first kappa shape index (κ1) is 21.7. The largest absolute Gasteiger partial charge is 0.507 e. The Kier molecular flexibility index (Phi) is 6.67. The number of carbonyl (C=O) groups excluding carboxylic acids is 2. The zero-order valence-electron chi connectivity index (χ0n) is 17.1. The van der Waals surface area contributed by atoms with Crippen molar-refractivity contribution in [2.75, 3.05) is 20.3 Å². The van der Waals surface area contributed by atoms with Crippen LogP contribution < -0.4 is 9.47 Å². The first-order valence-corrected chi connectivity index (χ1v) is 10.2. The Morgan fingerprint density at radius 2 is 1.90 bits per heavy atom. The van der Waals surface area contributed by atoms with Gasteiger partial charge < -0.3 is 19.5 Å². The van der Waals surface area contributed by atoms with E-state index in [1.165, 1.54) is 4.90 Å². The summed E-state index contributed by atoms with van der Waals surface area (Å²) in [4.78, 5) is 27.2. The number of methoxy groups -OCH3 is 1. The van der Waals surface area contributed by atoms with Crippen LogP contribution >= 0.6 is 11.6 Å². The lowest BCUT2D eigenvalue weighted by atomic mass is 9.95.